The first-order chi connectivity index (χ1) is 11.0. The zero-order valence-corrected chi connectivity index (χ0v) is 15.4. The molecule has 0 spiro atoms. The second kappa shape index (κ2) is 14.8. The average Bonchev–Trinajstić information content (AvgIpc) is 2.53. The fraction of sp³-hybridized carbons (Fsp3) is 0.800. The molecule has 0 aliphatic carbocycles. The van der Waals surface area contributed by atoms with E-state index in [2.05, 4.69) is 27.0 Å². The molecule has 3 heteroatoms. The Morgan fingerprint density at radius 2 is 1.04 bits per heavy atom. The summed E-state index contributed by atoms with van der Waals surface area (Å²) >= 11 is 0. The van der Waals surface area contributed by atoms with E-state index in [4.69, 9.17) is 4.74 Å². The van der Waals surface area contributed by atoms with Gasteiger partial charge in [0.1, 0.15) is 23.7 Å². The SMILES string of the molecule is C=C(OC(=C)C(O)CCCCCCC)C(O)CCCCCCC. The van der Waals surface area contributed by atoms with Crippen molar-refractivity contribution in [3.63, 3.8) is 0 Å². The Balaban J connectivity index is 3.82. The standard InChI is InChI=1S/C20H38O3/c1-5-7-9-11-13-15-19(21)17(3)23-18(4)20(22)16-14-12-10-8-6-2/h19-22H,3-16H2,1-2H3. The van der Waals surface area contributed by atoms with E-state index in [1.54, 1.807) is 0 Å². The summed E-state index contributed by atoms with van der Waals surface area (Å²) in [5.74, 6) is 0.603. The van der Waals surface area contributed by atoms with Gasteiger partial charge in [0.25, 0.3) is 0 Å². The lowest BCUT2D eigenvalue weighted by atomic mass is 10.1. The van der Waals surface area contributed by atoms with E-state index >= 15 is 0 Å². The first kappa shape index (κ1) is 22.2. The summed E-state index contributed by atoms with van der Waals surface area (Å²) in [5.41, 5.74) is 0. The van der Waals surface area contributed by atoms with Crippen LogP contribution < -0.4 is 0 Å². The van der Waals surface area contributed by atoms with Gasteiger partial charge in [-0.3, -0.25) is 0 Å². The molecule has 0 heterocycles. The molecule has 0 aromatic rings. The van der Waals surface area contributed by atoms with Crippen LogP contribution in [0.3, 0.4) is 0 Å². The summed E-state index contributed by atoms with van der Waals surface area (Å²) in [5, 5.41) is 20.1. The maximum Gasteiger partial charge on any atom is 0.125 e. The van der Waals surface area contributed by atoms with E-state index in [-0.39, 0.29) is 0 Å². The number of hydrogen-bond donors (Lipinski definition) is 2. The quantitative estimate of drug-likeness (QED) is 0.292. The predicted octanol–water partition coefficient (Wildman–Crippen LogP) is 5.47. The van der Waals surface area contributed by atoms with Crippen LogP contribution in [0.2, 0.25) is 0 Å². The Bertz CT molecular complexity index is 282. The zero-order chi connectivity index (χ0) is 17.5. The Morgan fingerprint density at radius 1 is 0.696 bits per heavy atom. The third-order valence-electron chi connectivity index (χ3n) is 4.17. The largest absolute Gasteiger partial charge is 0.462 e. The van der Waals surface area contributed by atoms with Gasteiger partial charge in [0.15, 0.2) is 0 Å². The van der Waals surface area contributed by atoms with Crippen LogP contribution in [0.15, 0.2) is 24.7 Å². The van der Waals surface area contributed by atoms with Crippen molar-refractivity contribution < 1.29 is 14.9 Å². The molecule has 0 radical (unpaired) electrons. The van der Waals surface area contributed by atoms with Gasteiger partial charge in [-0.25, -0.2) is 0 Å². The molecule has 0 saturated heterocycles. The van der Waals surface area contributed by atoms with Gasteiger partial charge in [0.05, 0.1) is 0 Å². The maximum atomic E-state index is 10.0. The molecular formula is C20H38O3. The third-order valence-corrected chi connectivity index (χ3v) is 4.17. The molecule has 0 bridgehead atoms. The molecule has 0 aliphatic rings. The molecule has 0 saturated carbocycles. The molecule has 0 amide bonds. The highest BCUT2D eigenvalue weighted by Gasteiger charge is 2.15. The topological polar surface area (TPSA) is 49.7 Å². The third kappa shape index (κ3) is 12.3. The molecule has 2 atom stereocenters. The Hall–Kier alpha value is -0.800. The highest BCUT2D eigenvalue weighted by atomic mass is 16.5. The highest BCUT2D eigenvalue weighted by molar-refractivity contribution is 5.01. The molecule has 23 heavy (non-hydrogen) atoms. The minimum atomic E-state index is -0.676. The number of rotatable bonds is 16. The van der Waals surface area contributed by atoms with Crippen molar-refractivity contribution in [1.29, 1.82) is 0 Å². The second-order valence-corrected chi connectivity index (χ2v) is 6.47. The predicted molar refractivity (Wildman–Crippen MR) is 98.1 cm³/mol. The fourth-order valence-electron chi connectivity index (χ4n) is 2.51. The fourth-order valence-corrected chi connectivity index (χ4v) is 2.51. The first-order valence-corrected chi connectivity index (χ1v) is 9.44. The summed E-state index contributed by atoms with van der Waals surface area (Å²) in [4.78, 5) is 0. The van der Waals surface area contributed by atoms with Gasteiger partial charge in [0.2, 0.25) is 0 Å². The smallest absolute Gasteiger partial charge is 0.125 e. The minimum Gasteiger partial charge on any atom is -0.462 e. The summed E-state index contributed by atoms with van der Waals surface area (Å²) in [6.07, 6.45) is 11.5. The number of hydrogen-bond acceptors (Lipinski definition) is 3. The molecule has 0 aromatic heterocycles. The summed E-state index contributed by atoms with van der Waals surface area (Å²) < 4.78 is 5.44. The average molecular weight is 327 g/mol. The van der Waals surface area contributed by atoms with Crippen molar-refractivity contribution in [1.82, 2.24) is 0 Å². The molecule has 3 nitrogen and oxygen atoms in total. The van der Waals surface area contributed by atoms with Crippen molar-refractivity contribution in [2.24, 2.45) is 0 Å². The van der Waals surface area contributed by atoms with Crippen LogP contribution in [0.5, 0.6) is 0 Å². The minimum absolute atomic E-state index is 0.301. The van der Waals surface area contributed by atoms with Gasteiger partial charge < -0.3 is 14.9 Å². The van der Waals surface area contributed by atoms with Crippen molar-refractivity contribution in [3.05, 3.63) is 24.7 Å². The number of aliphatic hydroxyl groups excluding tert-OH is 2. The first-order valence-electron chi connectivity index (χ1n) is 9.44. The van der Waals surface area contributed by atoms with Gasteiger partial charge in [-0.2, -0.15) is 0 Å². The lowest BCUT2D eigenvalue weighted by Crippen LogP contribution is -2.17. The normalized spacial score (nSPS) is 13.6. The Morgan fingerprint density at radius 3 is 1.39 bits per heavy atom. The van der Waals surface area contributed by atoms with Crippen molar-refractivity contribution in [2.75, 3.05) is 0 Å². The van der Waals surface area contributed by atoms with Gasteiger partial charge >= 0.3 is 0 Å². The molecule has 136 valence electrons. The van der Waals surface area contributed by atoms with Crippen LogP contribution in [0, 0.1) is 0 Å². The van der Waals surface area contributed by atoms with Crippen LogP contribution in [0.1, 0.15) is 90.9 Å². The Kier molecular flexibility index (Phi) is 14.3. The van der Waals surface area contributed by atoms with Crippen molar-refractivity contribution in [3.8, 4) is 0 Å². The van der Waals surface area contributed by atoms with E-state index < -0.39 is 12.2 Å². The number of aliphatic hydroxyl groups is 2. The van der Waals surface area contributed by atoms with Gasteiger partial charge in [-0.15, -0.1) is 0 Å². The molecule has 2 N–H and O–H groups in total. The van der Waals surface area contributed by atoms with Crippen LogP contribution >= 0.6 is 0 Å². The molecule has 0 aliphatic heterocycles. The van der Waals surface area contributed by atoms with Crippen molar-refractivity contribution in [2.45, 2.75) is 103 Å². The van der Waals surface area contributed by atoms with E-state index in [9.17, 15) is 10.2 Å². The van der Waals surface area contributed by atoms with Crippen LogP contribution in [-0.4, -0.2) is 22.4 Å². The van der Waals surface area contributed by atoms with Crippen LogP contribution in [-0.2, 0) is 4.74 Å². The summed E-state index contributed by atoms with van der Waals surface area (Å²) in [7, 11) is 0. The summed E-state index contributed by atoms with van der Waals surface area (Å²) in [6.45, 7) is 11.9. The van der Waals surface area contributed by atoms with Gasteiger partial charge in [-0.1, -0.05) is 91.2 Å². The molecule has 2 unspecified atom stereocenters. The Labute approximate surface area is 143 Å². The van der Waals surface area contributed by atoms with E-state index in [0.717, 1.165) is 25.7 Å². The molecular weight excluding hydrogens is 288 g/mol. The lowest BCUT2D eigenvalue weighted by molar-refractivity contribution is 0.0824. The summed E-state index contributed by atoms with van der Waals surface area (Å²) in [6, 6.07) is 0. The lowest BCUT2D eigenvalue weighted by Gasteiger charge is -2.19. The zero-order valence-electron chi connectivity index (χ0n) is 15.4. The maximum absolute atomic E-state index is 10.0. The van der Waals surface area contributed by atoms with E-state index in [1.807, 2.05) is 0 Å². The highest BCUT2D eigenvalue weighted by Crippen LogP contribution is 2.18. The van der Waals surface area contributed by atoms with E-state index in [0.29, 0.717) is 24.4 Å². The molecule has 0 fully saturated rings. The van der Waals surface area contributed by atoms with Crippen LogP contribution in [0.25, 0.3) is 0 Å². The monoisotopic (exact) mass is 326 g/mol. The van der Waals surface area contributed by atoms with Crippen molar-refractivity contribution >= 4 is 0 Å². The van der Waals surface area contributed by atoms with Crippen LogP contribution in [0.4, 0.5) is 0 Å². The number of unbranched alkanes of at least 4 members (excludes halogenated alkanes) is 8. The molecule has 0 rings (SSSR count). The molecule has 0 aromatic carbocycles. The van der Waals surface area contributed by atoms with E-state index in [1.165, 1.54) is 38.5 Å². The van der Waals surface area contributed by atoms with Gasteiger partial charge in [0, 0.05) is 0 Å². The second-order valence-electron chi connectivity index (χ2n) is 6.47. The number of ether oxygens (including phenoxy) is 1. The van der Waals surface area contributed by atoms with Gasteiger partial charge in [-0.05, 0) is 12.8 Å².